The van der Waals surface area contributed by atoms with Gasteiger partial charge >= 0.3 is 5.63 Å². The Balaban J connectivity index is 1.39. The van der Waals surface area contributed by atoms with E-state index in [-0.39, 0.29) is 49.0 Å². The number of phenolic OH excluding ortho intramolecular Hbond substituents is 1. The summed E-state index contributed by atoms with van der Waals surface area (Å²) < 4.78 is 40.9. The van der Waals surface area contributed by atoms with Gasteiger partial charge in [-0.15, -0.1) is 0 Å². The predicted octanol–water partition coefficient (Wildman–Crippen LogP) is 1.23. The highest BCUT2D eigenvalue weighted by molar-refractivity contribution is 6.29. The van der Waals surface area contributed by atoms with Crippen molar-refractivity contribution in [3.05, 3.63) is 66.8 Å². The average molecular weight is 667 g/mol. The topological polar surface area (TPSA) is 201 Å². The molecule has 4 aromatic carbocycles. The summed E-state index contributed by atoms with van der Waals surface area (Å²) in [4.78, 5) is 39.9. The van der Waals surface area contributed by atoms with E-state index in [4.69, 9.17) is 32.8 Å². The van der Waals surface area contributed by atoms with Crippen molar-refractivity contribution in [1.82, 2.24) is 0 Å². The minimum Gasteiger partial charge on any atom is -0.506 e. The van der Waals surface area contributed by atoms with Gasteiger partial charge in [-0.25, -0.2) is 4.79 Å². The molecule has 5 aromatic rings. The van der Waals surface area contributed by atoms with Crippen LogP contribution in [-0.4, -0.2) is 96.1 Å². The Labute approximate surface area is 271 Å². The van der Waals surface area contributed by atoms with Crippen LogP contribution in [0.1, 0.15) is 19.4 Å². The van der Waals surface area contributed by atoms with Gasteiger partial charge < -0.3 is 53.3 Å². The Morgan fingerprint density at radius 3 is 2.10 bits per heavy atom. The maximum Gasteiger partial charge on any atom is 0.344 e. The number of aryl methyl sites for hydroxylation is 1. The lowest BCUT2D eigenvalue weighted by atomic mass is 9.92. The molecule has 0 amide bonds. The first-order chi connectivity index (χ1) is 22.9. The molecule has 2 saturated heterocycles. The van der Waals surface area contributed by atoms with Gasteiger partial charge in [0.25, 0.3) is 0 Å². The second kappa shape index (κ2) is 11.9. The van der Waals surface area contributed by atoms with E-state index < -0.39 is 83.6 Å². The zero-order chi connectivity index (χ0) is 34.3. The molecule has 10 atom stereocenters. The Morgan fingerprint density at radius 2 is 1.40 bits per heavy atom. The largest absolute Gasteiger partial charge is 0.506 e. The summed E-state index contributed by atoms with van der Waals surface area (Å²) in [5.74, 6) is -0.534. The summed E-state index contributed by atoms with van der Waals surface area (Å²) in [5.41, 5.74) is -2.21. The van der Waals surface area contributed by atoms with E-state index >= 15 is 0 Å². The number of ether oxygens (including phenoxy) is 6. The summed E-state index contributed by atoms with van der Waals surface area (Å²) in [6.07, 6.45) is -11.8. The molecule has 2 aliphatic heterocycles. The molecule has 48 heavy (non-hydrogen) atoms. The molecule has 2 aliphatic rings. The second-order valence-electron chi connectivity index (χ2n) is 12.3. The van der Waals surface area contributed by atoms with Gasteiger partial charge in [-0.2, -0.15) is 0 Å². The van der Waals surface area contributed by atoms with Crippen molar-refractivity contribution in [2.75, 3.05) is 14.2 Å². The maximum atomic E-state index is 13.4. The maximum absolute atomic E-state index is 13.4. The highest BCUT2D eigenvalue weighted by Crippen LogP contribution is 2.45. The normalized spacial score (nSPS) is 31.3. The van der Waals surface area contributed by atoms with Gasteiger partial charge in [0, 0.05) is 35.8 Å². The molecule has 0 spiro atoms. The number of methoxy groups -OCH3 is 2. The molecule has 0 saturated carbocycles. The van der Waals surface area contributed by atoms with Crippen molar-refractivity contribution in [2.24, 2.45) is 0 Å². The summed E-state index contributed by atoms with van der Waals surface area (Å²) in [6, 6.07) is 7.45. The predicted molar refractivity (Wildman–Crippen MR) is 170 cm³/mol. The van der Waals surface area contributed by atoms with E-state index in [2.05, 4.69) is 0 Å². The molecular formula is C34H34O14. The van der Waals surface area contributed by atoms with Crippen LogP contribution in [0.25, 0.3) is 43.3 Å². The van der Waals surface area contributed by atoms with Crippen molar-refractivity contribution in [3.8, 4) is 11.5 Å². The lowest BCUT2D eigenvalue weighted by Gasteiger charge is -2.46. The van der Waals surface area contributed by atoms with Crippen molar-refractivity contribution >= 4 is 43.3 Å². The van der Waals surface area contributed by atoms with Crippen molar-refractivity contribution in [3.63, 3.8) is 0 Å². The van der Waals surface area contributed by atoms with Crippen LogP contribution in [0.15, 0.2) is 49.1 Å². The number of aliphatic hydroxyl groups is 3. The van der Waals surface area contributed by atoms with Crippen molar-refractivity contribution in [1.29, 1.82) is 0 Å². The number of hydrogen-bond acceptors (Lipinski definition) is 14. The summed E-state index contributed by atoms with van der Waals surface area (Å²) >= 11 is 0. The van der Waals surface area contributed by atoms with Crippen LogP contribution < -0.4 is 21.2 Å². The van der Waals surface area contributed by atoms with Crippen LogP contribution in [0.2, 0.25) is 0 Å². The van der Waals surface area contributed by atoms with Gasteiger partial charge in [-0.3, -0.25) is 9.59 Å². The first kappa shape index (κ1) is 32.6. The number of aromatic hydroxyl groups is 1. The third-order valence-electron chi connectivity index (χ3n) is 9.58. The van der Waals surface area contributed by atoms with Gasteiger partial charge in [0.05, 0.1) is 28.4 Å². The van der Waals surface area contributed by atoms with Crippen LogP contribution >= 0.6 is 0 Å². The molecule has 14 nitrogen and oxygen atoms in total. The fourth-order valence-corrected chi connectivity index (χ4v) is 7.13. The zero-order valence-electron chi connectivity index (χ0n) is 26.5. The van der Waals surface area contributed by atoms with E-state index in [9.17, 15) is 34.8 Å². The van der Waals surface area contributed by atoms with Gasteiger partial charge in [-0.05, 0) is 38.5 Å². The fourth-order valence-electron chi connectivity index (χ4n) is 7.13. The first-order valence-corrected chi connectivity index (χ1v) is 15.4. The van der Waals surface area contributed by atoms with Crippen molar-refractivity contribution in [2.45, 2.75) is 82.2 Å². The van der Waals surface area contributed by atoms with E-state index in [0.29, 0.717) is 5.56 Å². The van der Waals surface area contributed by atoms with Gasteiger partial charge in [0.1, 0.15) is 42.0 Å². The number of hydrogen-bond donors (Lipinski definition) is 4. The monoisotopic (exact) mass is 666 g/mol. The number of rotatable bonds is 6. The van der Waals surface area contributed by atoms with Crippen LogP contribution in [0.5, 0.6) is 11.5 Å². The molecule has 4 N–H and O–H groups in total. The quantitative estimate of drug-likeness (QED) is 0.0873. The number of aliphatic hydroxyl groups excluding tert-OH is 3. The third kappa shape index (κ3) is 4.67. The van der Waals surface area contributed by atoms with E-state index in [0.717, 1.165) is 0 Å². The summed E-state index contributed by atoms with van der Waals surface area (Å²) in [6.45, 7) is 4.87. The van der Waals surface area contributed by atoms with Crippen LogP contribution in [0, 0.1) is 6.92 Å². The molecule has 2 fully saturated rings. The second-order valence-corrected chi connectivity index (χ2v) is 12.3. The zero-order valence-corrected chi connectivity index (χ0v) is 26.5. The molecule has 0 radical (unpaired) electrons. The SMILES string of the molecule is CO[C@@H]1[C@@H](O)[C@@H](O[C@H]2[C@H](Oc3cccc4c(O)c5c(=O)c(=O)c6ccc(C)c7c(=O)oc(c34)c5c67)O[C@H](C)[C@H](O)[C@@H]2O)O[C@H](C)[C@@H]1OC. The third-order valence-corrected chi connectivity index (χ3v) is 9.58. The molecule has 0 aliphatic carbocycles. The lowest BCUT2D eigenvalue weighted by molar-refractivity contribution is -0.354. The molecule has 14 heteroatoms. The number of phenols is 1. The minimum absolute atomic E-state index is 0.00325. The van der Waals surface area contributed by atoms with Crippen LogP contribution in [0.4, 0.5) is 0 Å². The molecule has 0 bridgehead atoms. The number of benzene rings is 4. The minimum atomic E-state index is -1.60. The first-order valence-electron chi connectivity index (χ1n) is 15.4. The fraction of sp³-hybridized carbons (Fsp3) is 0.441. The average Bonchev–Trinajstić information content (AvgIpc) is 3.06. The van der Waals surface area contributed by atoms with Crippen LogP contribution in [0.3, 0.4) is 0 Å². The summed E-state index contributed by atoms with van der Waals surface area (Å²) in [7, 11) is 2.84. The summed E-state index contributed by atoms with van der Waals surface area (Å²) in [5, 5.41) is 44.6. The molecule has 254 valence electrons. The Morgan fingerprint density at radius 1 is 0.688 bits per heavy atom. The van der Waals surface area contributed by atoms with Gasteiger partial charge in [0.2, 0.25) is 17.1 Å². The Kier molecular flexibility index (Phi) is 8.04. The lowest BCUT2D eigenvalue weighted by Crippen LogP contribution is -2.64. The molecule has 3 heterocycles. The highest BCUT2D eigenvalue weighted by Gasteiger charge is 2.51. The molecule has 0 unspecified atom stereocenters. The van der Waals surface area contributed by atoms with Gasteiger partial charge in [-0.1, -0.05) is 18.2 Å². The van der Waals surface area contributed by atoms with E-state index in [1.807, 2.05) is 0 Å². The smallest absolute Gasteiger partial charge is 0.344 e. The molecule has 7 rings (SSSR count). The number of fused-ring (bicyclic) bond motifs is 2. The van der Waals surface area contributed by atoms with Crippen LogP contribution in [-0.2, 0) is 23.7 Å². The van der Waals surface area contributed by atoms with E-state index in [1.54, 1.807) is 19.9 Å². The standard InChI is InChI=1S/C34H34O14/c1-11-9-10-15-19-17(11)32(41)47-29-18-14(23(36)21(20(19)29)25(38)24(15)37)7-6-8-16(18)46-34-31(26(39)22(35)12(2)44-34)48-33-27(40)30(43-5)28(42-4)13(3)45-33/h6-10,12-13,22,26-28,30-31,33-36,39-40H,1-5H3/t12-,13-,22+,26+,27-,28+,30-,31-,33-,34+/m1/s1. The molecule has 1 aromatic heterocycles. The Hall–Kier alpha value is -3.99. The Bertz CT molecular complexity index is 2200. The molecular weight excluding hydrogens is 632 g/mol. The highest BCUT2D eigenvalue weighted by atomic mass is 16.8. The van der Waals surface area contributed by atoms with Crippen molar-refractivity contribution < 1.29 is 53.3 Å². The van der Waals surface area contributed by atoms with E-state index in [1.165, 1.54) is 45.4 Å². The van der Waals surface area contributed by atoms with Gasteiger partial charge in [0.15, 0.2) is 18.0 Å².